The lowest BCUT2D eigenvalue weighted by atomic mass is 10.0. The number of carbonyl (C=O) groups is 1. The Hall–Kier alpha value is -2.44. The molecule has 0 unspecified atom stereocenters. The van der Waals surface area contributed by atoms with Gasteiger partial charge >= 0.3 is 5.97 Å². The molecule has 0 saturated heterocycles. The SMILES string of the molecule is O=C(O)c1ccc(S(=O)(=O)N2CC=C(c3ccccc3)CC2)cc1. The van der Waals surface area contributed by atoms with E-state index in [-0.39, 0.29) is 10.5 Å². The molecule has 1 aliphatic rings. The second-order valence-corrected chi connectivity index (χ2v) is 7.48. The van der Waals surface area contributed by atoms with Gasteiger partial charge in [-0.15, -0.1) is 0 Å². The van der Waals surface area contributed by atoms with Gasteiger partial charge in [-0.1, -0.05) is 36.4 Å². The van der Waals surface area contributed by atoms with Gasteiger partial charge in [0.1, 0.15) is 0 Å². The lowest BCUT2D eigenvalue weighted by Crippen LogP contribution is -2.34. The number of nitrogens with zero attached hydrogens (tertiary/aromatic N) is 1. The number of sulfonamides is 1. The van der Waals surface area contributed by atoms with Crippen LogP contribution in [-0.2, 0) is 10.0 Å². The first kappa shape index (κ1) is 16.4. The van der Waals surface area contributed by atoms with Gasteiger partial charge in [-0.2, -0.15) is 4.31 Å². The van der Waals surface area contributed by atoms with E-state index in [4.69, 9.17) is 5.11 Å². The van der Waals surface area contributed by atoms with Gasteiger partial charge in [0.25, 0.3) is 0 Å². The Bertz CT molecular complexity index is 871. The zero-order valence-electron chi connectivity index (χ0n) is 12.9. The van der Waals surface area contributed by atoms with E-state index in [1.54, 1.807) is 0 Å². The molecule has 0 bridgehead atoms. The van der Waals surface area contributed by atoms with Gasteiger partial charge in [0.05, 0.1) is 10.5 Å². The fraction of sp³-hybridized carbons (Fsp3) is 0.167. The summed E-state index contributed by atoms with van der Waals surface area (Å²) in [4.78, 5) is 11.0. The summed E-state index contributed by atoms with van der Waals surface area (Å²) in [7, 11) is -3.61. The highest BCUT2D eigenvalue weighted by atomic mass is 32.2. The molecule has 1 heterocycles. The third-order valence-corrected chi connectivity index (χ3v) is 5.93. The molecule has 0 fully saturated rings. The molecule has 124 valence electrons. The molecule has 0 saturated carbocycles. The van der Waals surface area contributed by atoms with Crippen LogP contribution in [-0.4, -0.2) is 36.9 Å². The maximum atomic E-state index is 12.7. The van der Waals surface area contributed by atoms with Gasteiger partial charge in [0, 0.05) is 13.1 Å². The Labute approximate surface area is 140 Å². The lowest BCUT2D eigenvalue weighted by Gasteiger charge is -2.26. The molecule has 2 aromatic rings. The number of rotatable bonds is 4. The Morgan fingerprint density at radius 1 is 1.00 bits per heavy atom. The number of aromatic carboxylic acids is 1. The molecule has 0 radical (unpaired) electrons. The molecule has 0 aromatic heterocycles. The largest absolute Gasteiger partial charge is 0.478 e. The number of hydrogen-bond acceptors (Lipinski definition) is 3. The van der Waals surface area contributed by atoms with Crippen molar-refractivity contribution in [2.75, 3.05) is 13.1 Å². The van der Waals surface area contributed by atoms with Crippen molar-refractivity contribution in [2.24, 2.45) is 0 Å². The lowest BCUT2D eigenvalue weighted by molar-refractivity contribution is 0.0696. The van der Waals surface area contributed by atoms with E-state index in [2.05, 4.69) is 0 Å². The first-order chi connectivity index (χ1) is 11.5. The number of hydrogen-bond donors (Lipinski definition) is 1. The van der Waals surface area contributed by atoms with E-state index in [9.17, 15) is 13.2 Å². The number of carboxylic acids is 1. The summed E-state index contributed by atoms with van der Waals surface area (Å²) < 4.78 is 26.7. The molecule has 0 amide bonds. The van der Waals surface area contributed by atoms with Crippen molar-refractivity contribution >= 4 is 21.6 Å². The van der Waals surface area contributed by atoms with Gasteiger partial charge in [0.2, 0.25) is 10.0 Å². The van der Waals surface area contributed by atoms with E-state index in [1.165, 1.54) is 28.6 Å². The molecule has 3 rings (SSSR count). The van der Waals surface area contributed by atoms with Crippen LogP contribution in [0, 0.1) is 0 Å². The Balaban J connectivity index is 1.79. The second-order valence-electron chi connectivity index (χ2n) is 5.54. The minimum Gasteiger partial charge on any atom is -0.478 e. The fourth-order valence-electron chi connectivity index (χ4n) is 2.70. The first-order valence-corrected chi connectivity index (χ1v) is 9.00. The maximum absolute atomic E-state index is 12.7. The van der Waals surface area contributed by atoms with Gasteiger partial charge in [-0.05, 0) is 41.8 Å². The Morgan fingerprint density at radius 3 is 2.21 bits per heavy atom. The smallest absolute Gasteiger partial charge is 0.335 e. The summed E-state index contributed by atoms with van der Waals surface area (Å²) in [5.41, 5.74) is 2.32. The van der Waals surface area contributed by atoms with E-state index >= 15 is 0 Å². The monoisotopic (exact) mass is 343 g/mol. The maximum Gasteiger partial charge on any atom is 0.335 e. The zero-order valence-corrected chi connectivity index (χ0v) is 13.7. The normalized spacial score (nSPS) is 15.8. The molecular weight excluding hydrogens is 326 g/mol. The van der Waals surface area contributed by atoms with E-state index in [0.717, 1.165) is 11.1 Å². The van der Waals surface area contributed by atoms with Crippen LogP contribution in [0.2, 0.25) is 0 Å². The summed E-state index contributed by atoms with van der Waals surface area (Å²) in [6.45, 7) is 0.719. The molecule has 24 heavy (non-hydrogen) atoms. The molecule has 0 aliphatic carbocycles. The second kappa shape index (κ2) is 6.59. The average molecular weight is 343 g/mol. The summed E-state index contributed by atoms with van der Waals surface area (Å²) >= 11 is 0. The molecule has 6 heteroatoms. The molecule has 1 aliphatic heterocycles. The minimum absolute atomic E-state index is 0.0684. The summed E-state index contributed by atoms with van der Waals surface area (Å²) in [5.74, 6) is -1.08. The van der Waals surface area contributed by atoms with Crippen molar-refractivity contribution in [3.05, 3.63) is 71.8 Å². The third kappa shape index (κ3) is 3.25. The van der Waals surface area contributed by atoms with Crippen LogP contribution < -0.4 is 0 Å². The van der Waals surface area contributed by atoms with Crippen LogP contribution in [0.4, 0.5) is 0 Å². The van der Waals surface area contributed by atoms with Crippen molar-refractivity contribution in [1.82, 2.24) is 4.31 Å². The van der Waals surface area contributed by atoms with Crippen molar-refractivity contribution in [2.45, 2.75) is 11.3 Å². The average Bonchev–Trinajstić information content (AvgIpc) is 2.62. The predicted octanol–water partition coefficient (Wildman–Crippen LogP) is 2.86. The van der Waals surface area contributed by atoms with Crippen LogP contribution in [0.1, 0.15) is 22.3 Å². The molecule has 0 spiro atoms. The van der Waals surface area contributed by atoms with Crippen molar-refractivity contribution in [3.8, 4) is 0 Å². The minimum atomic E-state index is -3.61. The van der Waals surface area contributed by atoms with Crippen molar-refractivity contribution in [1.29, 1.82) is 0 Å². The molecular formula is C18H17NO4S. The van der Waals surface area contributed by atoms with Crippen molar-refractivity contribution < 1.29 is 18.3 Å². The predicted molar refractivity (Wildman–Crippen MR) is 91.2 cm³/mol. The highest BCUT2D eigenvalue weighted by Gasteiger charge is 2.26. The number of carboxylic acid groups (broad SMARTS) is 1. The zero-order chi connectivity index (χ0) is 17.2. The molecule has 5 nitrogen and oxygen atoms in total. The van der Waals surface area contributed by atoms with Crippen LogP contribution in [0.3, 0.4) is 0 Å². The van der Waals surface area contributed by atoms with Crippen molar-refractivity contribution in [3.63, 3.8) is 0 Å². The van der Waals surface area contributed by atoms with E-state index < -0.39 is 16.0 Å². The molecule has 0 atom stereocenters. The summed E-state index contributed by atoms with van der Waals surface area (Å²) in [5, 5.41) is 8.90. The first-order valence-electron chi connectivity index (χ1n) is 7.56. The van der Waals surface area contributed by atoms with E-state index in [0.29, 0.717) is 19.5 Å². The van der Waals surface area contributed by atoms with Crippen LogP contribution in [0.5, 0.6) is 0 Å². The van der Waals surface area contributed by atoms with Crippen LogP contribution in [0.25, 0.3) is 5.57 Å². The molecule has 2 aromatic carbocycles. The topological polar surface area (TPSA) is 74.7 Å². The van der Waals surface area contributed by atoms with Crippen LogP contribution in [0.15, 0.2) is 65.6 Å². The van der Waals surface area contributed by atoms with Crippen LogP contribution >= 0.6 is 0 Å². The Kier molecular flexibility index (Phi) is 4.51. The third-order valence-electron chi connectivity index (χ3n) is 4.06. The Morgan fingerprint density at radius 2 is 1.67 bits per heavy atom. The van der Waals surface area contributed by atoms with Gasteiger partial charge in [0.15, 0.2) is 0 Å². The standard InChI is InChI=1S/C18H17NO4S/c20-18(21)16-6-8-17(9-7-16)24(22,23)19-12-10-15(11-13-19)14-4-2-1-3-5-14/h1-10H,11-13H2,(H,20,21). The van der Waals surface area contributed by atoms with Gasteiger partial charge < -0.3 is 5.11 Å². The quantitative estimate of drug-likeness (QED) is 0.926. The fourth-order valence-corrected chi connectivity index (χ4v) is 4.08. The van der Waals surface area contributed by atoms with Gasteiger partial charge in [-0.3, -0.25) is 0 Å². The summed E-state index contributed by atoms with van der Waals surface area (Å²) in [6, 6.07) is 15.2. The highest BCUT2D eigenvalue weighted by molar-refractivity contribution is 7.89. The highest BCUT2D eigenvalue weighted by Crippen LogP contribution is 2.26. The summed E-state index contributed by atoms with van der Waals surface area (Å²) in [6.07, 6.45) is 2.58. The number of benzene rings is 2. The molecule has 1 N–H and O–H groups in total. The van der Waals surface area contributed by atoms with E-state index in [1.807, 2.05) is 36.4 Å². The van der Waals surface area contributed by atoms with Gasteiger partial charge in [-0.25, -0.2) is 13.2 Å².